The normalized spacial score (nSPS) is 14.7. The molecule has 0 aliphatic carbocycles. The SMILES string of the molecule is CCCC/C=C/CC/C=C/C(O)C(COP(=O)(O)OCC[N+](C)(C)C)NC(=O)CCCCCCCCCCCCCCCCCCCCCCC. The molecule has 0 fully saturated rings. The van der Waals surface area contributed by atoms with E-state index < -0.39 is 20.0 Å². The van der Waals surface area contributed by atoms with Crippen LogP contribution in [0.5, 0.6) is 0 Å². The van der Waals surface area contributed by atoms with Crippen molar-refractivity contribution < 1.29 is 32.9 Å². The number of hydrogen-bond donors (Lipinski definition) is 3. The van der Waals surface area contributed by atoms with E-state index in [1.807, 2.05) is 27.2 Å². The van der Waals surface area contributed by atoms with Crippen molar-refractivity contribution in [1.29, 1.82) is 0 Å². The Morgan fingerprint density at radius 2 is 1.08 bits per heavy atom. The van der Waals surface area contributed by atoms with Crippen molar-refractivity contribution in [3.05, 3.63) is 24.3 Å². The molecular weight excluding hydrogens is 659 g/mol. The summed E-state index contributed by atoms with van der Waals surface area (Å²) in [5.74, 6) is -0.188. The molecule has 0 aliphatic heterocycles. The zero-order chi connectivity index (χ0) is 37.9. The maximum Gasteiger partial charge on any atom is 0.472 e. The van der Waals surface area contributed by atoms with Crippen LogP contribution in [0.15, 0.2) is 24.3 Å². The van der Waals surface area contributed by atoms with Crippen LogP contribution >= 0.6 is 7.82 Å². The molecule has 0 spiro atoms. The molecule has 0 aromatic carbocycles. The molecule has 0 heterocycles. The number of amides is 1. The number of quaternary nitrogens is 1. The molecule has 0 aromatic rings. The number of carbonyl (C=O) groups is 1. The Morgan fingerprint density at radius 1 is 0.647 bits per heavy atom. The van der Waals surface area contributed by atoms with Crippen molar-refractivity contribution in [3.63, 3.8) is 0 Å². The summed E-state index contributed by atoms with van der Waals surface area (Å²) in [6.45, 7) is 4.72. The molecule has 0 bridgehead atoms. The van der Waals surface area contributed by atoms with Crippen molar-refractivity contribution in [2.24, 2.45) is 0 Å². The number of phosphoric acid groups is 1. The number of unbranched alkanes of at least 4 members (excludes halogenated alkanes) is 23. The molecule has 3 N–H and O–H groups in total. The summed E-state index contributed by atoms with van der Waals surface area (Å²) < 4.78 is 23.4. The largest absolute Gasteiger partial charge is 0.472 e. The predicted molar refractivity (Wildman–Crippen MR) is 217 cm³/mol. The van der Waals surface area contributed by atoms with Crippen LogP contribution in [0.2, 0.25) is 0 Å². The highest BCUT2D eigenvalue weighted by Crippen LogP contribution is 2.43. The molecule has 302 valence electrons. The molecule has 0 saturated heterocycles. The van der Waals surface area contributed by atoms with E-state index in [1.54, 1.807) is 6.08 Å². The Labute approximate surface area is 315 Å². The standard InChI is InChI=1S/C42H83N2O6P/c1-6-8-10-12-14-16-17-18-19-20-21-22-23-24-25-26-27-28-30-32-34-36-42(46)43-40(39-50-51(47,48)49-38-37-44(3,4)5)41(45)35-33-31-29-15-13-11-9-7-2/h13,15,33,35,40-41,45H,6-12,14,16-32,34,36-39H2,1-5H3,(H-,43,46,47,48)/p+1/b15-13+,35-33+. The average Bonchev–Trinajstić information content (AvgIpc) is 3.07. The van der Waals surface area contributed by atoms with Crippen LogP contribution in [0, 0.1) is 0 Å². The Balaban J connectivity index is 4.21. The smallest absolute Gasteiger partial charge is 0.387 e. The van der Waals surface area contributed by atoms with Crippen LogP contribution in [0.1, 0.15) is 187 Å². The van der Waals surface area contributed by atoms with Crippen LogP contribution < -0.4 is 5.32 Å². The van der Waals surface area contributed by atoms with E-state index in [9.17, 15) is 19.4 Å². The lowest BCUT2D eigenvalue weighted by molar-refractivity contribution is -0.870. The van der Waals surface area contributed by atoms with Gasteiger partial charge >= 0.3 is 7.82 Å². The van der Waals surface area contributed by atoms with Gasteiger partial charge in [0.05, 0.1) is 39.9 Å². The fourth-order valence-corrected chi connectivity index (χ4v) is 6.72. The minimum atomic E-state index is -4.33. The Morgan fingerprint density at radius 3 is 1.55 bits per heavy atom. The Kier molecular flexibility index (Phi) is 34.0. The van der Waals surface area contributed by atoms with E-state index in [-0.39, 0.29) is 19.1 Å². The summed E-state index contributed by atoms with van der Waals surface area (Å²) in [4.78, 5) is 23.0. The Bertz CT molecular complexity index is 891. The summed E-state index contributed by atoms with van der Waals surface area (Å²) >= 11 is 0. The monoisotopic (exact) mass is 744 g/mol. The maximum atomic E-state index is 12.8. The predicted octanol–water partition coefficient (Wildman–Crippen LogP) is 11.4. The van der Waals surface area contributed by atoms with E-state index >= 15 is 0 Å². The zero-order valence-electron chi connectivity index (χ0n) is 34.1. The Hall–Kier alpha value is -1.02. The molecule has 1 amide bonds. The lowest BCUT2D eigenvalue weighted by Gasteiger charge is -2.25. The number of carbonyl (C=O) groups excluding carboxylic acids is 1. The van der Waals surface area contributed by atoms with Gasteiger partial charge in [-0.15, -0.1) is 0 Å². The first-order chi connectivity index (χ1) is 24.5. The average molecular weight is 744 g/mol. The fourth-order valence-electron chi connectivity index (χ4n) is 5.98. The number of nitrogens with zero attached hydrogens (tertiary/aromatic N) is 1. The molecule has 51 heavy (non-hydrogen) atoms. The van der Waals surface area contributed by atoms with Gasteiger partial charge < -0.3 is 19.8 Å². The molecule has 0 aliphatic rings. The summed E-state index contributed by atoms with van der Waals surface area (Å²) in [5, 5.41) is 13.7. The van der Waals surface area contributed by atoms with Crippen molar-refractivity contribution in [1.82, 2.24) is 5.32 Å². The number of aliphatic hydroxyl groups excluding tert-OH is 1. The second-order valence-corrected chi connectivity index (χ2v) is 17.2. The molecule has 0 rings (SSSR count). The van der Waals surface area contributed by atoms with Crippen molar-refractivity contribution in [2.45, 2.75) is 199 Å². The number of allylic oxidation sites excluding steroid dienone is 3. The number of hydrogen-bond acceptors (Lipinski definition) is 5. The molecule has 3 unspecified atom stereocenters. The minimum absolute atomic E-state index is 0.0575. The van der Waals surface area contributed by atoms with Gasteiger partial charge in [-0.05, 0) is 25.7 Å². The first-order valence-electron chi connectivity index (χ1n) is 21.2. The van der Waals surface area contributed by atoms with Crippen LogP contribution in [-0.2, 0) is 18.4 Å². The van der Waals surface area contributed by atoms with Gasteiger partial charge in [0.25, 0.3) is 0 Å². The van der Waals surface area contributed by atoms with E-state index in [0.717, 1.165) is 38.5 Å². The van der Waals surface area contributed by atoms with Crippen LogP contribution in [-0.4, -0.2) is 73.4 Å². The second-order valence-electron chi connectivity index (χ2n) is 15.7. The van der Waals surface area contributed by atoms with Crippen molar-refractivity contribution in [2.75, 3.05) is 40.9 Å². The van der Waals surface area contributed by atoms with E-state index in [4.69, 9.17) is 9.05 Å². The van der Waals surface area contributed by atoms with Gasteiger partial charge in [0.1, 0.15) is 13.2 Å². The van der Waals surface area contributed by atoms with Gasteiger partial charge in [0.2, 0.25) is 5.91 Å². The van der Waals surface area contributed by atoms with Crippen LogP contribution in [0.25, 0.3) is 0 Å². The summed E-state index contributed by atoms with van der Waals surface area (Å²) in [6.07, 6.45) is 39.9. The number of likely N-dealkylation sites (N-methyl/N-ethyl adjacent to an activating group) is 1. The highest BCUT2D eigenvalue weighted by atomic mass is 31.2. The van der Waals surface area contributed by atoms with E-state index in [2.05, 4.69) is 31.3 Å². The number of aliphatic hydroxyl groups is 1. The fraction of sp³-hybridized carbons (Fsp3) is 0.881. The lowest BCUT2D eigenvalue weighted by Crippen LogP contribution is -2.45. The maximum absolute atomic E-state index is 12.8. The molecular formula is C42H84N2O6P+. The first-order valence-corrected chi connectivity index (χ1v) is 22.7. The van der Waals surface area contributed by atoms with Gasteiger partial charge in [0.15, 0.2) is 0 Å². The van der Waals surface area contributed by atoms with Gasteiger partial charge in [-0.3, -0.25) is 13.8 Å². The topological polar surface area (TPSA) is 105 Å². The highest BCUT2D eigenvalue weighted by Gasteiger charge is 2.27. The molecule has 3 atom stereocenters. The number of rotatable bonds is 38. The van der Waals surface area contributed by atoms with Gasteiger partial charge in [-0.1, -0.05) is 179 Å². The molecule has 8 nitrogen and oxygen atoms in total. The highest BCUT2D eigenvalue weighted by molar-refractivity contribution is 7.47. The number of nitrogens with one attached hydrogen (secondary N) is 1. The molecule has 0 aromatic heterocycles. The van der Waals surface area contributed by atoms with Gasteiger partial charge in [0, 0.05) is 6.42 Å². The second kappa shape index (κ2) is 34.7. The quantitative estimate of drug-likeness (QED) is 0.0252. The van der Waals surface area contributed by atoms with Gasteiger partial charge in [-0.25, -0.2) is 4.57 Å². The third kappa shape index (κ3) is 37.1. The number of phosphoric ester groups is 1. The van der Waals surface area contributed by atoms with Crippen LogP contribution in [0.3, 0.4) is 0 Å². The third-order valence-electron chi connectivity index (χ3n) is 9.42. The third-order valence-corrected chi connectivity index (χ3v) is 10.4. The summed E-state index contributed by atoms with van der Waals surface area (Å²) in [6, 6.07) is -0.855. The summed E-state index contributed by atoms with van der Waals surface area (Å²) in [7, 11) is 1.56. The van der Waals surface area contributed by atoms with Crippen LogP contribution in [0.4, 0.5) is 0 Å². The molecule has 0 saturated carbocycles. The minimum Gasteiger partial charge on any atom is -0.387 e. The molecule has 0 radical (unpaired) electrons. The zero-order valence-corrected chi connectivity index (χ0v) is 35.0. The summed E-state index contributed by atoms with van der Waals surface area (Å²) in [5.41, 5.74) is 0. The molecule has 9 heteroatoms. The van der Waals surface area contributed by atoms with Gasteiger partial charge in [-0.2, -0.15) is 0 Å². The lowest BCUT2D eigenvalue weighted by atomic mass is 10.0. The van der Waals surface area contributed by atoms with E-state index in [1.165, 1.54) is 128 Å². The van der Waals surface area contributed by atoms with Crippen molar-refractivity contribution >= 4 is 13.7 Å². The van der Waals surface area contributed by atoms with E-state index in [0.29, 0.717) is 17.4 Å². The first kappa shape index (κ1) is 50.0. The van der Waals surface area contributed by atoms with Crippen molar-refractivity contribution in [3.8, 4) is 0 Å².